The van der Waals surface area contributed by atoms with Crippen LogP contribution in [0.1, 0.15) is 25.0 Å². The van der Waals surface area contributed by atoms with Crippen molar-refractivity contribution in [2.75, 3.05) is 26.2 Å². The van der Waals surface area contributed by atoms with Gasteiger partial charge in [-0.15, -0.1) is 0 Å². The zero-order valence-electron chi connectivity index (χ0n) is 14.1. The second-order valence-electron chi connectivity index (χ2n) is 7.41. The average Bonchev–Trinajstić information content (AvgIpc) is 3.32. The molecule has 2 aliphatic carbocycles. The largest absolute Gasteiger partial charge is 0.364 e. The van der Waals surface area contributed by atoms with Gasteiger partial charge >= 0.3 is 0 Å². The molecule has 4 atom stereocenters. The summed E-state index contributed by atoms with van der Waals surface area (Å²) in [5, 5.41) is 3.66. The Labute approximate surface area is 147 Å². The zero-order chi connectivity index (χ0) is 17.6. The van der Waals surface area contributed by atoms with Crippen molar-refractivity contribution in [3.05, 3.63) is 18.0 Å². The number of piperazine rings is 1. The molecule has 0 radical (unpaired) electrons. The normalized spacial score (nSPS) is 33.1. The van der Waals surface area contributed by atoms with E-state index < -0.39 is 10.0 Å². The van der Waals surface area contributed by atoms with Crippen molar-refractivity contribution < 1.29 is 17.7 Å². The first-order valence-corrected chi connectivity index (χ1v) is 10.5. The highest BCUT2D eigenvalue weighted by atomic mass is 32.2. The molecule has 138 valence electrons. The number of hydrogen-bond donors (Lipinski definition) is 1. The van der Waals surface area contributed by atoms with Crippen molar-refractivity contribution in [2.24, 2.45) is 23.5 Å². The Bertz CT molecular complexity index is 725. The molecule has 2 saturated carbocycles. The number of nitrogens with two attached hydrogens (primary N) is 1. The summed E-state index contributed by atoms with van der Waals surface area (Å²) in [6.45, 7) is 1.50. The number of carbonyl (C=O) groups excluding carboxylic acids is 1. The van der Waals surface area contributed by atoms with E-state index in [-0.39, 0.29) is 23.6 Å². The van der Waals surface area contributed by atoms with Crippen LogP contribution in [0.2, 0.25) is 0 Å². The summed E-state index contributed by atoms with van der Waals surface area (Å²) in [6, 6.07) is 1.52. The monoisotopic (exact) mass is 368 g/mol. The molecule has 2 bridgehead atoms. The molecule has 0 spiro atoms. The summed E-state index contributed by atoms with van der Waals surface area (Å²) in [6.07, 6.45) is 4.67. The average molecular weight is 368 g/mol. The first-order valence-electron chi connectivity index (χ1n) is 8.87. The van der Waals surface area contributed by atoms with Gasteiger partial charge in [0.05, 0.1) is 11.6 Å². The molecule has 4 unspecified atom stereocenters. The van der Waals surface area contributed by atoms with Crippen LogP contribution in [0.3, 0.4) is 0 Å². The first-order chi connectivity index (χ1) is 12.0. The van der Waals surface area contributed by atoms with E-state index in [1.54, 1.807) is 11.0 Å². The van der Waals surface area contributed by atoms with Crippen LogP contribution in [-0.4, -0.2) is 60.9 Å². The summed E-state index contributed by atoms with van der Waals surface area (Å²) in [7, 11) is -3.45. The minimum Gasteiger partial charge on any atom is -0.364 e. The lowest BCUT2D eigenvalue weighted by atomic mass is 9.84. The Hall–Kier alpha value is -1.45. The molecule has 1 saturated heterocycles. The Morgan fingerprint density at radius 3 is 2.56 bits per heavy atom. The molecular formula is C16H24N4O4S. The maximum absolute atomic E-state index is 12.9. The number of fused-ring (bicyclic) bond motifs is 2. The van der Waals surface area contributed by atoms with Gasteiger partial charge in [-0.3, -0.25) is 4.79 Å². The van der Waals surface area contributed by atoms with Gasteiger partial charge in [-0.2, -0.15) is 4.31 Å². The maximum Gasteiger partial charge on any atom is 0.227 e. The first kappa shape index (κ1) is 17.0. The molecule has 8 nitrogen and oxygen atoms in total. The van der Waals surface area contributed by atoms with Gasteiger partial charge in [-0.25, -0.2) is 8.42 Å². The Morgan fingerprint density at radius 2 is 1.96 bits per heavy atom. The minimum atomic E-state index is -3.45. The molecule has 1 aromatic heterocycles. The van der Waals surface area contributed by atoms with Crippen molar-refractivity contribution in [3.8, 4) is 0 Å². The van der Waals surface area contributed by atoms with Gasteiger partial charge in [0.15, 0.2) is 0 Å². The van der Waals surface area contributed by atoms with Crippen LogP contribution < -0.4 is 5.73 Å². The van der Waals surface area contributed by atoms with Crippen LogP contribution in [-0.2, 0) is 20.6 Å². The van der Waals surface area contributed by atoms with Crippen LogP contribution in [0, 0.1) is 17.8 Å². The molecule has 3 fully saturated rings. The number of rotatable bonds is 4. The number of sulfonamides is 1. The third-order valence-corrected chi connectivity index (χ3v) is 7.84. The third kappa shape index (κ3) is 3.09. The molecule has 1 aromatic rings. The summed E-state index contributed by atoms with van der Waals surface area (Å²) >= 11 is 0. The lowest BCUT2D eigenvalue weighted by molar-refractivity contribution is -0.139. The second kappa shape index (κ2) is 6.37. The lowest BCUT2D eigenvalue weighted by Crippen LogP contribution is -2.54. The van der Waals surface area contributed by atoms with E-state index in [4.69, 9.17) is 5.73 Å². The summed E-state index contributed by atoms with van der Waals surface area (Å²) in [4.78, 5) is 14.7. The van der Waals surface area contributed by atoms with Crippen LogP contribution in [0.25, 0.3) is 0 Å². The maximum atomic E-state index is 12.9. The van der Waals surface area contributed by atoms with Crippen molar-refractivity contribution in [2.45, 2.75) is 31.1 Å². The second-order valence-corrected chi connectivity index (χ2v) is 9.38. The predicted octanol–water partition coefficient (Wildman–Crippen LogP) is 0.0220. The molecule has 3 aliphatic rings. The van der Waals surface area contributed by atoms with Crippen molar-refractivity contribution in [1.82, 2.24) is 14.4 Å². The molecular weight excluding hydrogens is 344 g/mol. The fraction of sp³-hybridized carbons (Fsp3) is 0.750. The van der Waals surface area contributed by atoms with Gasteiger partial charge in [0.2, 0.25) is 15.9 Å². The minimum absolute atomic E-state index is 0.0276. The molecule has 9 heteroatoms. The molecule has 1 amide bonds. The van der Waals surface area contributed by atoms with Crippen LogP contribution in [0.5, 0.6) is 0 Å². The molecule has 1 aliphatic heterocycles. The third-order valence-electron chi connectivity index (χ3n) is 6.03. The summed E-state index contributed by atoms with van der Waals surface area (Å²) in [5.74, 6) is 0.782. The quantitative estimate of drug-likeness (QED) is 0.802. The van der Waals surface area contributed by atoms with Crippen LogP contribution >= 0.6 is 0 Å². The molecule has 4 rings (SSSR count). The van der Waals surface area contributed by atoms with E-state index >= 15 is 0 Å². The SMILES string of the molecule is NC1C2CCC(C2)C1C(=O)N1CCN(S(=O)(=O)Cc2ccon2)CC1. The van der Waals surface area contributed by atoms with E-state index in [1.807, 2.05) is 0 Å². The highest BCUT2D eigenvalue weighted by Crippen LogP contribution is 2.48. The van der Waals surface area contributed by atoms with E-state index in [2.05, 4.69) is 9.68 Å². The van der Waals surface area contributed by atoms with Gasteiger partial charge in [0.25, 0.3) is 0 Å². The number of aromatic nitrogens is 1. The number of hydrogen-bond acceptors (Lipinski definition) is 6. The van der Waals surface area contributed by atoms with Crippen molar-refractivity contribution in [1.29, 1.82) is 0 Å². The molecule has 2 N–H and O–H groups in total. The smallest absolute Gasteiger partial charge is 0.227 e. The van der Waals surface area contributed by atoms with Gasteiger partial charge < -0.3 is 15.2 Å². The molecule has 0 aromatic carbocycles. The van der Waals surface area contributed by atoms with Gasteiger partial charge in [0, 0.05) is 38.3 Å². The van der Waals surface area contributed by atoms with E-state index in [1.165, 1.54) is 10.6 Å². The van der Waals surface area contributed by atoms with Gasteiger partial charge in [0.1, 0.15) is 12.0 Å². The molecule has 25 heavy (non-hydrogen) atoms. The topological polar surface area (TPSA) is 110 Å². The highest BCUT2D eigenvalue weighted by Gasteiger charge is 2.50. The van der Waals surface area contributed by atoms with E-state index in [0.717, 1.165) is 19.3 Å². The van der Waals surface area contributed by atoms with Gasteiger partial charge in [-0.1, -0.05) is 5.16 Å². The zero-order valence-corrected chi connectivity index (χ0v) is 14.9. The van der Waals surface area contributed by atoms with Crippen molar-refractivity contribution in [3.63, 3.8) is 0 Å². The summed E-state index contributed by atoms with van der Waals surface area (Å²) in [5.41, 5.74) is 6.67. The Balaban J connectivity index is 1.36. The predicted molar refractivity (Wildman–Crippen MR) is 89.6 cm³/mol. The Morgan fingerprint density at radius 1 is 1.24 bits per heavy atom. The highest BCUT2D eigenvalue weighted by molar-refractivity contribution is 7.88. The van der Waals surface area contributed by atoms with Gasteiger partial charge in [-0.05, 0) is 31.1 Å². The fourth-order valence-electron chi connectivity index (χ4n) is 4.69. The number of nitrogens with zero attached hydrogens (tertiary/aromatic N) is 3. The molecule has 2 heterocycles. The van der Waals surface area contributed by atoms with Crippen molar-refractivity contribution >= 4 is 15.9 Å². The fourth-order valence-corrected chi connectivity index (χ4v) is 6.11. The number of amides is 1. The van der Waals surface area contributed by atoms with Crippen LogP contribution in [0.15, 0.2) is 16.9 Å². The van der Waals surface area contributed by atoms with Crippen LogP contribution in [0.4, 0.5) is 0 Å². The van der Waals surface area contributed by atoms with E-state index in [9.17, 15) is 13.2 Å². The lowest BCUT2D eigenvalue weighted by Gasteiger charge is -2.37. The van der Waals surface area contributed by atoms with E-state index in [0.29, 0.717) is 43.7 Å². The standard InChI is InChI=1S/C16H24N4O4S/c17-15-12-2-1-11(9-12)14(15)16(21)19-4-6-20(7-5-19)25(22,23)10-13-3-8-24-18-13/h3,8,11-12,14-15H,1-2,4-7,9-10,17H2. The number of carbonyl (C=O) groups is 1. The summed E-state index contributed by atoms with van der Waals surface area (Å²) < 4.78 is 31.1. The Kier molecular flexibility index (Phi) is 4.33.